The maximum Gasteiger partial charge on any atom is 0.235 e. The number of nitrogens with zero attached hydrogens (tertiary/aromatic N) is 3. The first-order chi connectivity index (χ1) is 12.3. The lowest BCUT2D eigenvalue weighted by Gasteiger charge is -2.16. The summed E-state index contributed by atoms with van der Waals surface area (Å²) in [5, 5.41) is 0. The molecule has 0 radical (unpaired) electrons. The fourth-order valence-corrected chi connectivity index (χ4v) is 3.77. The van der Waals surface area contributed by atoms with E-state index in [-0.39, 0.29) is 0 Å². The number of hydrogen-bond acceptors (Lipinski definition) is 4. The SMILES string of the molecule is COc1nccnc1CC1=C(CCN2CC=CC2)Cc2ccccc21. The summed E-state index contributed by atoms with van der Waals surface area (Å²) in [5.74, 6) is 0.627. The Hall–Kier alpha value is -2.46. The molecule has 0 N–H and O–H groups in total. The molecule has 0 fully saturated rings. The van der Waals surface area contributed by atoms with E-state index in [1.807, 2.05) is 0 Å². The summed E-state index contributed by atoms with van der Waals surface area (Å²) < 4.78 is 5.41. The average molecular weight is 333 g/mol. The predicted molar refractivity (Wildman–Crippen MR) is 99.6 cm³/mol. The molecule has 1 aromatic heterocycles. The van der Waals surface area contributed by atoms with Crippen LogP contribution >= 0.6 is 0 Å². The average Bonchev–Trinajstić information content (AvgIpc) is 3.29. The van der Waals surface area contributed by atoms with E-state index in [4.69, 9.17) is 4.74 Å². The Morgan fingerprint density at radius 2 is 1.88 bits per heavy atom. The van der Waals surface area contributed by atoms with Crippen LogP contribution in [-0.2, 0) is 12.8 Å². The Labute approximate surface area is 148 Å². The van der Waals surface area contributed by atoms with E-state index in [0.29, 0.717) is 5.88 Å². The molecule has 1 aliphatic heterocycles. The molecule has 4 nitrogen and oxygen atoms in total. The number of hydrogen-bond donors (Lipinski definition) is 0. The van der Waals surface area contributed by atoms with Gasteiger partial charge in [0.15, 0.2) is 0 Å². The van der Waals surface area contributed by atoms with Crippen LogP contribution in [0.5, 0.6) is 5.88 Å². The highest BCUT2D eigenvalue weighted by Crippen LogP contribution is 2.37. The number of aromatic nitrogens is 2. The van der Waals surface area contributed by atoms with Gasteiger partial charge in [-0.05, 0) is 29.5 Å². The molecule has 4 rings (SSSR count). The minimum absolute atomic E-state index is 0.627. The molecular weight excluding hydrogens is 310 g/mol. The molecule has 4 heteroatoms. The molecule has 0 amide bonds. The second-order valence-electron chi connectivity index (χ2n) is 6.59. The van der Waals surface area contributed by atoms with E-state index in [0.717, 1.165) is 44.6 Å². The molecule has 0 saturated heterocycles. The van der Waals surface area contributed by atoms with Crippen molar-refractivity contribution in [1.82, 2.24) is 14.9 Å². The highest BCUT2D eigenvalue weighted by molar-refractivity contribution is 5.77. The number of rotatable bonds is 6. The summed E-state index contributed by atoms with van der Waals surface area (Å²) in [7, 11) is 1.66. The van der Waals surface area contributed by atoms with Gasteiger partial charge in [-0.15, -0.1) is 0 Å². The third kappa shape index (κ3) is 3.35. The predicted octanol–water partition coefficient (Wildman–Crippen LogP) is 3.30. The number of ether oxygens (including phenoxy) is 1. The minimum atomic E-state index is 0.627. The van der Waals surface area contributed by atoms with Crippen LogP contribution in [0.1, 0.15) is 23.2 Å². The first-order valence-corrected chi connectivity index (χ1v) is 8.85. The number of methoxy groups -OCH3 is 1. The molecule has 0 saturated carbocycles. The molecule has 1 aliphatic carbocycles. The second-order valence-corrected chi connectivity index (χ2v) is 6.59. The van der Waals surface area contributed by atoms with Crippen LogP contribution in [0.15, 0.2) is 54.4 Å². The van der Waals surface area contributed by atoms with Gasteiger partial charge in [0.2, 0.25) is 5.88 Å². The Kier molecular flexibility index (Phi) is 4.61. The van der Waals surface area contributed by atoms with Crippen LogP contribution in [0.4, 0.5) is 0 Å². The van der Waals surface area contributed by atoms with Gasteiger partial charge >= 0.3 is 0 Å². The Morgan fingerprint density at radius 1 is 1.08 bits per heavy atom. The largest absolute Gasteiger partial charge is 0.480 e. The van der Waals surface area contributed by atoms with Crippen molar-refractivity contribution in [3.63, 3.8) is 0 Å². The summed E-state index contributed by atoms with van der Waals surface area (Å²) >= 11 is 0. The summed E-state index contributed by atoms with van der Waals surface area (Å²) in [6.07, 6.45) is 10.9. The van der Waals surface area contributed by atoms with Gasteiger partial charge in [-0.1, -0.05) is 42.0 Å². The quantitative estimate of drug-likeness (QED) is 0.760. The maximum atomic E-state index is 5.41. The van der Waals surface area contributed by atoms with Crippen molar-refractivity contribution in [2.24, 2.45) is 0 Å². The summed E-state index contributed by atoms with van der Waals surface area (Å²) in [4.78, 5) is 11.3. The Balaban J connectivity index is 1.61. The van der Waals surface area contributed by atoms with E-state index in [9.17, 15) is 0 Å². The fourth-order valence-electron chi connectivity index (χ4n) is 3.77. The van der Waals surface area contributed by atoms with Crippen LogP contribution in [0.25, 0.3) is 5.57 Å². The van der Waals surface area contributed by atoms with E-state index >= 15 is 0 Å². The van der Waals surface area contributed by atoms with Gasteiger partial charge < -0.3 is 4.74 Å². The van der Waals surface area contributed by atoms with Crippen molar-refractivity contribution >= 4 is 5.57 Å². The number of benzene rings is 1. The Bertz CT molecular complexity index is 817. The Morgan fingerprint density at radius 3 is 2.72 bits per heavy atom. The minimum Gasteiger partial charge on any atom is -0.480 e. The lowest BCUT2D eigenvalue weighted by Crippen LogP contribution is -2.21. The smallest absolute Gasteiger partial charge is 0.235 e. The third-order valence-electron chi connectivity index (χ3n) is 5.07. The van der Waals surface area contributed by atoms with Gasteiger partial charge in [0.25, 0.3) is 0 Å². The van der Waals surface area contributed by atoms with Crippen LogP contribution < -0.4 is 4.74 Å². The molecule has 0 atom stereocenters. The summed E-state index contributed by atoms with van der Waals surface area (Å²) in [6, 6.07) is 8.73. The number of fused-ring (bicyclic) bond motifs is 1. The fraction of sp³-hybridized carbons (Fsp3) is 0.333. The molecule has 2 heterocycles. The topological polar surface area (TPSA) is 38.3 Å². The zero-order valence-corrected chi connectivity index (χ0v) is 14.6. The maximum absolute atomic E-state index is 5.41. The summed E-state index contributed by atoms with van der Waals surface area (Å²) in [5.41, 5.74) is 6.64. The van der Waals surface area contributed by atoms with Crippen molar-refractivity contribution < 1.29 is 4.74 Å². The van der Waals surface area contributed by atoms with E-state index < -0.39 is 0 Å². The molecule has 128 valence electrons. The molecule has 0 unspecified atom stereocenters. The monoisotopic (exact) mass is 333 g/mol. The molecule has 1 aromatic carbocycles. The molecule has 0 spiro atoms. The van der Waals surface area contributed by atoms with Crippen molar-refractivity contribution in [1.29, 1.82) is 0 Å². The van der Waals surface area contributed by atoms with Crippen LogP contribution in [0.2, 0.25) is 0 Å². The second kappa shape index (κ2) is 7.19. The van der Waals surface area contributed by atoms with Gasteiger partial charge in [0.1, 0.15) is 5.69 Å². The van der Waals surface area contributed by atoms with Gasteiger partial charge in [0.05, 0.1) is 7.11 Å². The van der Waals surface area contributed by atoms with E-state index in [2.05, 4.69) is 51.3 Å². The molecule has 2 aromatic rings. The van der Waals surface area contributed by atoms with Crippen LogP contribution in [0, 0.1) is 0 Å². The normalized spacial score (nSPS) is 16.5. The van der Waals surface area contributed by atoms with E-state index in [1.165, 1.54) is 22.3 Å². The highest BCUT2D eigenvalue weighted by Gasteiger charge is 2.23. The van der Waals surface area contributed by atoms with Gasteiger partial charge in [0, 0.05) is 38.4 Å². The molecule has 2 aliphatic rings. The van der Waals surface area contributed by atoms with Crippen LogP contribution in [0.3, 0.4) is 0 Å². The van der Waals surface area contributed by atoms with E-state index in [1.54, 1.807) is 19.5 Å². The first kappa shape index (κ1) is 16.0. The zero-order chi connectivity index (χ0) is 17.1. The molecule has 0 bridgehead atoms. The molecular formula is C21H23N3O. The zero-order valence-electron chi connectivity index (χ0n) is 14.6. The van der Waals surface area contributed by atoms with Gasteiger partial charge in [-0.25, -0.2) is 4.98 Å². The lowest BCUT2D eigenvalue weighted by molar-refractivity contribution is 0.356. The van der Waals surface area contributed by atoms with Crippen molar-refractivity contribution in [3.05, 3.63) is 71.2 Å². The molecule has 25 heavy (non-hydrogen) atoms. The van der Waals surface area contributed by atoms with Crippen molar-refractivity contribution in [2.45, 2.75) is 19.3 Å². The third-order valence-corrected chi connectivity index (χ3v) is 5.07. The van der Waals surface area contributed by atoms with Crippen LogP contribution in [-0.4, -0.2) is 41.6 Å². The summed E-state index contributed by atoms with van der Waals surface area (Å²) in [6.45, 7) is 3.26. The number of allylic oxidation sites excluding steroid dienone is 1. The highest BCUT2D eigenvalue weighted by atomic mass is 16.5. The standard InChI is InChI=1S/C21H23N3O/c1-25-21-20(22-9-10-23-21)15-19-17(8-13-24-11-4-5-12-24)14-16-6-2-3-7-18(16)19/h2-7,9-10H,8,11-15H2,1H3. The van der Waals surface area contributed by atoms with Gasteiger partial charge in [-0.2, -0.15) is 0 Å². The van der Waals surface area contributed by atoms with Gasteiger partial charge in [-0.3, -0.25) is 9.88 Å². The lowest BCUT2D eigenvalue weighted by atomic mass is 9.99. The van der Waals surface area contributed by atoms with Crippen molar-refractivity contribution in [3.8, 4) is 5.88 Å². The van der Waals surface area contributed by atoms with Crippen molar-refractivity contribution in [2.75, 3.05) is 26.7 Å². The first-order valence-electron chi connectivity index (χ1n) is 8.85.